The summed E-state index contributed by atoms with van der Waals surface area (Å²) in [5.41, 5.74) is 6.38. The zero-order valence-corrected chi connectivity index (χ0v) is 38.1. The van der Waals surface area contributed by atoms with E-state index in [0.29, 0.717) is 45.2 Å². The van der Waals surface area contributed by atoms with Crippen LogP contribution in [0.15, 0.2) is 30.3 Å². The van der Waals surface area contributed by atoms with Crippen molar-refractivity contribution in [2.45, 2.75) is 149 Å². The summed E-state index contributed by atoms with van der Waals surface area (Å²) in [4.78, 5) is 86.2. The minimum atomic E-state index is -1.15. The average molecular weight is 845 g/mol. The third-order valence-electron chi connectivity index (χ3n) is 12.2. The Morgan fingerprint density at radius 3 is 2.07 bits per heavy atom. The number of amides is 5. The van der Waals surface area contributed by atoms with Crippen molar-refractivity contribution in [2.24, 2.45) is 29.4 Å². The van der Waals surface area contributed by atoms with Crippen molar-refractivity contribution in [1.82, 2.24) is 25.3 Å². The first kappa shape index (κ1) is 52.1. The lowest BCUT2D eigenvalue weighted by Crippen LogP contribution is -2.60. The highest BCUT2D eigenvalue weighted by Gasteiger charge is 2.43. The van der Waals surface area contributed by atoms with Crippen molar-refractivity contribution in [1.29, 1.82) is 0 Å². The van der Waals surface area contributed by atoms with Crippen LogP contribution in [0.3, 0.4) is 0 Å². The highest BCUT2D eigenvalue weighted by atomic mass is 16.5. The van der Waals surface area contributed by atoms with Gasteiger partial charge in [-0.15, -0.1) is 0 Å². The van der Waals surface area contributed by atoms with Crippen molar-refractivity contribution in [3.05, 3.63) is 35.9 Å². The van der Waals surface area contributed by atoms with E-state index in [1.54, 1.807) is 43.0 Å². The Morgan fingerprint density at radius 2 is 1.53 bits per heavy atom. The van der Waals surface area contributed by atoms with Crippen LogP contribution < -0.4 is 16.4 Å². The molecule has 0 spiro atoms. The second-order valence-electron chi connectivity index (χ2n) is 17.2. The molecule has 1 aliphatic heterocycles. The number of hydrogen-bond acceptors (Lipinski definition) is 9. The number of carbonyl (C=O) groups is 6. The molecular weight excluding hydrogens is 769 g/mol. The molecule has 0 bridgehead atoms. The van der Waals surface area contributed by atoms with Gasteiger partial charge in [-0.3, -0.25) is 24.0 Å². The van der Waals surface area contributed by atoms with E-state index in [4.69, 9.17) is 15.2 Å². The van der Waals surface area contributed by atoms with Gasteiger partial charge in [0.25, 0.3) is 0 Å². The number of carboxylic acids is 1. The van der Waals surface area contributed by atoms with Crippen LogP contribution in [-0.2, 0) is 44.7 Å². The molecule has 1 fully saturated rings. The monoisotopic (exact) mass is 845 g/mol. The first-order chi connectivity index (χ1) is 28.4. The average Bonchev–Trinajstić information content (AvgIpc) is 3.70. The predicted molar refractivity (Wildman–Crippen MR) is 232 cm³/mol. The topological polar surface area (TPSA) is 201 Å². The number of nitrogens with one attached hydrogen (secondary N) is 2. The first-order valence-corrected chi connectivity index (χ1v) is 21.8. The van der Waals surface area contributed by atoms with Crippen LogP contribution >= 0.6 is 0 Å². The maximum absolute atomic E-state index is 14.5. The summed E-state index contributed by atoms with van der Waals surface area (Å²) in [6.07, 6.45) is 3.21. The second kappa shape index (κ2) is 25.6. The maximum atomic E-state index is 14.5. The smallest absolute Gasteiger partial charge is 0.326 e. The lowest BCUT2D eigenvalue weighted by molar-refractivity contribution is -0.149. The molecule has 5 N–H and O–H groups in total. The summed E-state index contributed by atoms with van der Waals surface area (Å²) in [6, 6.07) is 5.22. The zero-order chi connectivity index (χ0) is 45.3. The molecule has 15 nitrogen and oxygen atoms in total. The lowest BCUT2D eigenvalue weighted by Gasteiger charge is -2.41. The highest BCUT2D eigenvalue weighted by Crippen LogP contribution is 2.30. The Morgan fingerprint density at radius 1 is 0.883 bits per heavy atom. The highest BCUT2D eigenvalue weighted by molar-refractivity contribution is 5.92. The van der Waals surface area contributed by atoms with Gasteiger partial charge in [-0.05, 0) is 55.5 Å². The molecule has 1 saturated heterocycles. The van der Waals surface area contributed by atoms with Gasteiger partial charge in [0.15, 0.2) is 0 Å². The number of carboxylic acid groups (broad SMARTS) is 1. The van der Waals surface area contributed by atoms with Gasteiger partial charge in [-0.2, -0.15) is 0 Å². The predicted octanol–water partition coefficient (Wildman–Crippen LogP) is 3.86. The van der Waals surface area contributed by atoms with E-state index in [9.17, 15) is 33.9 Å². The van der Waals surface area contributed by atoms with Crippen LogP contribution in [-0.4, -0.2) is 139 Å². The summed E-state index contributed by atoms with van der Waals surface area (Å²) in [5.74, 6) is -4.14. The van der Waals surface area contributed by atoms with Crippen LogP contribution in [0.5, 0.6) is 0 Å². The van der Waals surface area contributed by atoms with E-state index in [1.165, 1.54) is 19.1 Å². The number of methoxy groups -OCH3 is 2. The van der Waals surface area contributed by atoms with Gasteiger partial charge in [-0.1, -0.05) is 91.6 Å². The number of likely N-dealkylation sites (tertiary alicyclic amines) is 1. The van der Waals surface area contributed by atoms with Crippen molar-refractivity contribution in [2.75, 3.05) is 41.4 Å². The minimum Gasteiger partial charge on any atom is -0.480 e. The third kappa shape index (κ3) is 14.5. The normalized spacial score (nSPS) is 18.2. The fourth-order valence-electron chi connectivity index (χ4n) is 8.49. The molecule has 1 heterocycles. The standard InChI is InChI=1S/C45H76N6O9/c1-12-30(6)40(50(9)44(56)38(28(2)3)48-43(55)39(29(4)5)49(8)36(52)23-17-14-18-24-46)35(59-10)27-37(53)51-25-19-22-34(51)41(60-11)31(7)42(54)47-33(45(57)58)26-32-20-15-13-16-21-32/h13,15-16,20-21,28-31,33-35,38-41H,12,14,17-19,22-27,46H2,1-11H3,(H,47,54)(H,48,55)(H,57,58)/t30-,31+,33-,34-,35+,38-,39?,40-,41+/m0/s1. The van der Waals surface area contributed by atoms with E-state index in [2.05, 4.69) is 10.6 Å². The van der Waals surface area contributed by atoms with Gasteiger partial charge < -0.3 is 45.6 Å². The van der Waals surface area contributed by atoms with Crippen LogP contribution in [0.4, 0.5) is 0 Å². The second-order valence-corrected chi connectivity index (χ2v) is 17.2. The number of unbranched alkanes of at least 4 members (excludes halogenated alkanes) is 2. The van der Waals surface area contributed by atoms with Crippen molar-refractivity contribution < 1.29 is 43.3 Å². The molecule has 1 aromatic carbocycles. The number of carbonyl (C=O) groups excluding carboxylic acids is 5. The number of benzene rings is 1. The molecule has 60 heavy (non-hydrogen) atoms. The summed E-state index contributed by atoms with van der Waals surface area (Å²) in [6.45, 7) is 14.1. The van der Waals surface area contributed by atoms with E-state index >= 15 is 0 Å². The third-order valence-corrected chi connectivity index (χ3v) is 12.2. The van der Waals surface area contributed by atoms with Gasteiger partial charge in [0.2, 0.25) is 29.5 Å². The molecule has 1 unspecified atom stereocenters. The number of likely N-dealkylation sites (N-methyl/N-ethyl adjacent to an activating group) is 2. The number of rotatable bonds is 26. The van der Waals surface area contributed by atoms with Gasteiger partial charge in [-0.25, -0.2) is 4.79 Å². The molecule has 2 rings (SSSR count). The van der Waals surface area contributed by atoms with Crippen LogP contribution in [0.25, 0.3) is 0 Å². The van der Waals surface area contributed by atoms with Crippen LogP contribution in [0.2, 0.25) is 0 Å². The first-order valence-electron chi connectivity index (χ1n) is 21.8. The SMILES string of the molecule is CC[C@H](C)[C@@H]([C@@H](CC(=O)N1CCC[C@H]1[C@H](OC)[C@@H](C)C(=O)N[C@@H](Cc1ccccc1)C(=O)O)OC)N(C)C(=O)[C@@H](NC(=O)C(C(C)C)N(C)C(=O)CCCCCN)C(C)C. The molecule has 0 saturated carbocycles. The van der Waals surface area contributed by atoms with E-state index in [-0.39, 0.29) is 48.3 Å². The van der Waals surface area contributed by atoms with Gasteiger partial charge >= 0.3 is 5.97 Å². The van der Waals surface area contributed by atoms with E-state index in [0.717, 1.165) is 18.4 Å². The number of nitrogens with zero attached hydrogens (tertiary/aromatic N) is 3. The maximum Gasteiger partial charge on any atom is 0.326 e. The van der Waals surface area contributed by atoms with Crippen molar-refractivity contribution in [3.63, 3.8) is 0 Å². The van der Waals surface area contributed by atoms with E-state index in [1.807, 2.05) is 59.7 Å². The minimum absolute atomic E-state index is 0.0544. The lowest BCUT2D eigenvalue weighted by atomic mass is 9.89. The Labute approximate surface area is 358 Å². The fraction of sp³-hybridized carbons (Fsp3) is 0.733. The summed E-state index contributed by atoms with van der Waals surface area (Å²) in [7, 11) is 6.31. The quantitative estimate of drug-likeness (QED) is 0.0994. The Balaban J connectivity index is 2.27. The molecule has 1 aliphatic rings. The number of nitrogens with two attached hydrogens (primary N) is 1. The number of ether oxygens (including phenoxy) is 2. The Bertz CT molecular complexity index is 1530. The number of hydrogen-bond donors (Lipinski definition) is 4. The summed E-state index contributed by atoms with van der Waals surface area (Å²) < 4.78 is 11.9. The molecular formula is C45H76N6O9. The summed E-state index contributed by atoms with van der Waals surface area (Å²) >= 11 is 0. The molecule has 0 aliphatic carbocycles. The number of aliphatic carboxylic acids is 1. The molecule has 0 radical (unpaired) electrons. The van der Waals surface area contributed by atoms with Gasteiger partial charge in [0.1, 0.15) is 18.1 Å². The molecule has 5 amide bonds. The zero-order valence-electron chi connectivity index (χ0n) is 38.1. The van der Waals surface area contributed by atoms with Crippen molar-refractivity contribution >= 4 is 35.5 Å². The van der Waals surface area contributed by atoms with Gasteiger partial charge in [0.05, 0.1) is 36.6 Å². The van der Waals surface area contributed by atoms with Gasteiger partial charge in [0, 0.05) is 47.7 Å². The fourth-order valence-corrected chi connectivity index (χ4v) is 8.49. The largest absolute Gasteiger partial charge is 0.480 e. The van der Waals surface area contributed by atoms with Crippen LogP contribution in [0, 0.1) is 23.7 Å². The molecule has 1 aromatic rings. The molecule has 15 heteroatoms. The Kier molecular flexibility index (Phi) is 22.2. The van der Waals surface area contributed by atoms with Crippen LogP contribution in [0.1, 0.15) is 105 Å². The Hall–Kier alpha value is -4.08. The van der Waals surface area contributed by atoms with E-state index < -0.39 is 66.1 Å². The molecule has 0 aromatic heterocycles. The van der Waals surface area contributed by atoms with Crippen molar-refractivity contribution in [3.8, 4) is 0 Å². The summed E-state index contributed by atoms with van der Waals surface area (Å²) in [5, 5.41) is 15.6. The molecule has 9 atom stereocenters. The molecule has 340 valence electrons.